The molecule has 0 fully saturated rings. The van der Waals surface area contributed by atoms with Gasteiger partial charge < -0.3 is 8.96 Å². The highest BCUT2D eigenvalue weighted by Crippen LogP contribution is 2.10. The van der Waals surface area contributed by atoms with E-state index in [1.807, 2.05) is 36.4 Å². The van der Waals surface area contributed by atoms with Crippen molar-refractivity contribution in [1.29, 1.82) is 0 Å². The number of para-hydroxylation sites is 1. The molecule has 96 valence electrons. The van der Waals surface area contributed by atoms with E-state index >= 15 is 0 Å². The first kappa shape index (κ1) is 13.0. The van der Waals surface area contributed by atoms with E-state index in [9.17, 15) is 4.79 Å². The molecule has 0 aliphatic rings. The van der Waals surface area contributed by atoms with Gasteiger partial charge in [-0.15, -0.1) is 0 Å². The number of carbonyl (C=O) groups is 1. The van der Waals surface area contributed by atoms with Gasteiger partial charge in [-0.3, -0.25) is 0 Å². The number of fused-ring (bicyclic) bond motifs is 1. The first-order valence-electron chi connectivity index (χ1n) is 5.53. The van der Waals surface area contributed by atoms with Crippen molar-refractivity contribution < 1.29 is 13.8 Å². The minimum absolute atomic E-state index is 0.0725. The molecule has 0 spiro atoms. The Hall–Kier alpha value is -2.40. The van der Waals surface area contributed by atoms with E-state index in [0.717, 1.165) is 17.2 Å². The number of hydrogen-bond donors (Lipinski definition) is 1. The van der Waals surface area contributed by atoms with Crippen LogP contribution in [0.3, 0.4) is 0 Å². The van der Waals surface area contributed by atoms with Gasteiger partial charge in [-0.25, -0.2) is 4.79 Å². The van der Waals surface area contributed by atoms with Crippen molar-refractivity contribution in [2.24, 2.45) is 0 Å². The Labute approximate surface area is 114 Å². The summed E-state index contributed by atoms with van der Waals surface area (Å²) in [5.74, 6) is -1.10. The number of aromatic nitrogens is 1. The van der Waals surface area contributed by atoms with Crippen molar-refractivity contribution in [2.75, 3.05) is 0 Å². The lowest BCUT2D eigenvalue weighted by atomic mass is 10.2. The van der Waals surface area contributed by atoms with E-state index in [2.05, 4.69) is 4.37 Å². The third-order valence-electron chi connectivity index (χ3n) is 2.26. The van der Waals surface area contributed by atoms with E-state index in [0.29, 0.717) is 5.58 Å². The van der Waals surface area contributed by atoms with Crippen molar-refractivity contribution in [3.05, 3.63) is 66.4 Å². The van der Waals surface area contributed by atoms with Crippen LogP contribution in [0, 0.1) is 0 Å². The molecule has 0 aliphatic heterocycles. The summed E-state index contributed by atoms with van der Waals surface area (Å²) >= 11 is 0.745. The molecule has 0 saturated heterocycles. The Morgan fingerprint density at radius 1 is 1.00 bits per heavy atom. The lowest BCUT2D eigenvalue weighted by molar-refractivity contribution is 0.0691. The number of carboxylic acids is 1. The summed E-state index contributed by atoms with van der Waals surface area (Å²) in [5, 5.41) is 9.85. The number of hydrogen-bond acceptors (Lipinski definition) is 4. The van der Waals surface area contributed by atoms with Crippen LogP contribution >= 0.6 is 11.8 Å². The minimum Gasteiger partial charge on any atom is -0.476 e. The molecule has 2 rings (SSSR count). The standard InChI is InChI=1S/C14H11NO3S/c16-14(17)12-9-4-2-1-3-7-11-8-5-6-10-13(11)18-19-15-12/h1-10H,(H,16,17). The zero-order valence-corrected chi connectivity index (χ0v) is 10.7. The predicted molar refractivity (Wildman–Crippen MR) is 74.1 cm³/mol. The van der Waals surface area contributed by atoms with Gasteiger partial charge in [0.2, 0.25) is 0 Å². The van der Waals surface area contributed by atoms with Gasteiger partial charge in [-0.2, -0.15) is 4.37 Å². The van der Waals surface area contributed by atoms with Crippen LogP contribution in [0.25, 0.3) is 11.0 Å². The van der Waals surface area contributed by atoms with Crippen LogP contribution in [-0.4, -0.2) is 15.4 Å². The Balaban J connectivity index is 2.71. The largest absolute Gasteiger partial charge is 0.476 e. The summed E-state index contributed by atoms with van der Waals surface area (Å²) in [6.07, 6.45) is 0. The zero-order chi connectivity index (χ0) is 13.5. The van der Waals surface area contributed by atoms with Crippen molar-refractivity contribution >= 4 is 28.8 Å². The highest BCUT2D eigenvalue weighted by molar-refractivity contribution is 6.96. The smallest absolute Gasteiger partial charge is 0.355 e. The van der Waals surface area contributed by atoms with Crippen molar-refractivity contribution in [2.45, 2.75) is 0 Å². The zero-order valence-electron chi connectivity index (χ0n) is 9.89. The van der Waals surface area contributed by atoms with Crippen LogP contribution < -0.4 is 0 Å². The van der Waals surface area contributed by atoms with Gasteiger partial charge in [0.05, 0.1) is 0 Å². The average Bonchev–Trinajstić information content (AvgIpc) is 2.39. The van der Waals surface area contributed by atoms with Gasteiger partial charge in [-0.1, -0.05) is 48.5 Å². The van der Waals surface area contributed by atoms with E-state index in [1.165, 1.54) is 6.07 Å². The minimum atomic E-state index is -1.10. The van der Waals surface area contributed by atoms with Gasteiger partial charge in [-0.05, 0) is 12.1 Å². The fraction of sp³-hybridized carbons (Fsp3) is 0. The normalized spacial score (nSPS) is 9.47. The van der Waals surface area contributed by atoms with Gasteiger partial charge in [0.25, 0.3) is 0 Å². The quantitative estimate of drug-likeness (QED) is 0.857. The predicted octanol–water partition coefficient (Wildman–Crippen LogP) is 3.84. The third-order valence-corrected chi connectivity index (χ3v) is 2.79. The number of nitrogens with zero attached hydrogens (tertiary/aromatic N) is 1. The monoisotopic (exact) mass is 273 g/mol. The van der Waals surface area contributed by atoms with Gasteiger partial charge in [0, 0.05) is 5.39 Å². The average molecular weight is 273 g/mol. The van der Waals surface area contributed by atoms with Crippen LogP contribution in [0.15, 0.2) is 64.5 Å². The molecule has 0 unspecified atom stereocenters. The fourth-order valence-corrected chi connectivity index (χ4v) is 1.86. The second-order valence-corrected chi connectivity index (χ2v) is 4.08. The summed E-state index contributed by atoms with van der Waals surface area (Å²) in [7, 11) is 0. The van der Waals surface area contributed by atoms with E-state index in [-0.39, 0.29) is 5.69 Å². The summed E-state index contributed by atoms with van der Waals surface area (Å²) in [5.41, 5.74) is 0.562. The molecule has 5 heteroatoms. The maximum atomic E-state index is 10.9. The molecular formula is C14H11NO3S. The molecule has 1 N–H and O–H groups in total. The first-order chi connectivity index (χ1) is 9.27. The number of rotatable bonds is 1. The van der Waals surface area contributed by atoms with Gasteiger partial charge in [0.1, 0.15) is 0 Å². The maximum Gasteiger partial charge on any atom is 0.355 e. The first-order valence-corrected chi connectivity index (χ1v) is 6.22. The number of aromatic carboxylic acids is 1. The van der Waals surface area contributed by atoms with E-state index in [4.69, 9.17) is 8.96 Å². The molecule has 0 atom stereocenters. The molecule has 0 radical (unpaired) electrons. The molecule has 2 aromatic rings. The SMILES string of the molecule is O=C(O)c1ccccccc2ccccc2osn1. The second-order valence-electron chi connectivity index (χ2n) is 3.58. The second kappa shape index (κ2) is 6.51. The summed E-state index contributed by atoms with van der Waals surface area (Å²) in [6, 6.07) is 17.8. The van der Waals surface area contributed by atoms with Crippen LogP contribution in [0.1, 0.15) is 10.5 Å². The summed E-state index contributed by atoms with van der Waals surface area (Å²) < 4.78 is 9.22. The Kier molecular flexibility index (Phi) is 4.47. The van der Waals surface area contributed by atoms with Crippen LogP contribution in [0.5, 0.6) is 0 Å². The number of benzene rings is 1. The molecule has 1 aromatic heterocycles. The third kappa shape index (κ3) is 3.79. The summed E-state index contributed by atoms with van der Waals surface area (Å²) in [6.45, 7) is 0. The molecule has 0 aliphatic carbocycles. The maximum absolute atomic E-state index is 10.9. The van der Waals surface area contributed by atoms with Crippen LogP contribution in [0.4, 0.5) is 0 Å². The molecule has 1 aromatic carbocycles. The van der Waals surface area contributed by atoms with Crippen LogP contribution in [-0.2, 0) is 0 Å². The lowest BCUT2D eigenvalue weighted by Crippen LogP contribution is -1.95. The molecule has 19 heavy (non-hydrogen) atoms. The highest BCUT2D eigenvalue weighted by atomic mass is 32.1. The molecule has 0 bridgehead atoms. The van der Waals surface area contributed by atoms with Gasteiger partial charge >= 0.3 is 5.97 Å². The van der Waals surface area contributed by atoms with Crippen molar-refractivity contribution in [3.63, 3.8) is 0 Å². The number of carboxylic acid groups (broad SMARTS) is 1. The molecule has 1 heterocycles. The Morgan fingerprint density at radius 3 is 2.37 bits per heavy atom. The molecule has 4 nitrogen and oxygen atoms in total. The van der Waals surface area contributed by atoms with Crippen LogP contribution in [0.2, 0.25) is 0 Å². The highest BCUT2D eigenvalue weighted by Gasteiger charge is 1.99. The summed E-state index contributed by atoms with van der Waals surface area (Å²) in [4.78, 5) is 10.9. The van der Waals surface area contributed by atoms with Crippen molar-refractivity contribution in [1.82, 2.24) is 4.37 Å². The van der Waals surface area contributed by atoms with E-state index < -0.39 is 5.97 Å². The molecule has 0 saturated carbocycles. The van der Waals surface area contributed by atoms with E-state index in [1.54, 1.807) is 18.2 Å². The topological polar surface area (TPSA) is 63.3 Å². The lowest BCUT2D eigenvalue weighted by Gasteiger charge is -1.89. The fourth-order valence-electron chi connectivity index (χ4n) is 1.37. The van der Waals surface area contributed by atoms with Crippen molar-refractivity contribution in [3.8, 4) is 0 Å². The molecule has 0 amide bonds. The Bertz CT molecular complexity index is 688. The Morgan fingerprint density at radius 2 is 1.63 bits per heavy atom. The molecular weight excluding hydrogens is 262 g/mol. The van der Waals surface area contributed by atoms with Gasteiger partial charge in [0.15, 0.2) is 23.1 Å².